The Bertz CT molecular complexity index is 640. The minimum absolute atomic E-state index is 0.150. The summed E-state index contributed by atoms with van der Waals surface area (Å²) in [7, 11) is 0. The maximum Gasteiger partial charge on any atom is 0.250 e. The Kier molecular flexibility index (Phi) is 9.07. The van der Waals surface area contributed by atoms with E-state index in [0.717, 1.165) is 12.0 Å². The Hall–Kier alpha value is -0.810. The molecule has 2 atom stereocenters. The summed E-state index contributed by atoms with van der Waals surface area (Å²) in [5.74, 6) is 0.443. The highest BCUT2D eigenvalue weighted by Gasteiger charge is 2.32. The molecule has 0 spiro atoms. The minimum Gasteiger partial charge on any atom is -0.361 e. The van der Waals surface area contributed by atoms with Gasteiger partial charge in [-0.15, -0.1) is 0 Å². The van der Waals surface area contributed by atoms with Crippen molar-refractivity contribution in [2.75, 3.05) is 6.54 Å². The van der Waals surface area contributed by atoms with Crippen molar-refractivity contribution < 1.29 is 9.53 Å². The second kappa shape index (κ2) is 10.8. The molecule has 0 radical (unpaired) electrons. The number of nitrogens with one attached hydrogen (secondary N) is 1. The number of benzene rings is 1. The average Bonchev–Trinajstić information content (AvgIpc) is 2.61. The molecule has 28 heavy (non-hydrogen) atoms. The van der Waals surface area contributed by atoms with Gasteiger partial charge in [0.15, 0.2) is 6.10 Å². The topological polar surface area (TPSA) is 64.3 Å². The van der Waals surface area contributed by atoms with Crippen LogP contribution in [0.4, 0.5) is 0 Å². The third-order valence-electron chi connectivity index (χ3n) is 5.17. The quantitative estimate of drug-likeness (QED) is 0.602. The summed E-state index contributed by atoms with van der Waals surface area (Å²) in [5, 5.41) is 4.19. The minimum atomic E-state index is -0.650. The zero-order chi connectivity index (χ0) is 20.7. The standard InChI is InChI=1S/C22H34Cl2N2O2/c1-22(2,3)28-20(19(25)13-15-7-5-4-6-8-15)21(27)26-12-11-16-9-10-17(23)14-18(16)24/h9-10,14-15,19-20H,4-8,11-13,25H2,1-3H3,(H,26,27)/t19-,20?/m1/s1. The lowest BCUT2D eigenvalue weighted by Crippen LogP contribution is -2.51. The monoisotopic (exact) mass is 428 g/mol. The van der Waals surface area contributed by atoms with Gasteiger partial charge in [0.2, 0.25) is 0 Å². The first kappa shape index (κ1) is 23.5. The van der Waals surface area contributed by atoms with Gasteiger partial charge < -0.3 is 15.8 Å². The molecule has 1 aliphatic carbocycles. The number of hydrogen-bond donors (Lipinski definition) is 2. The van der Waals surface area contributed by atoms with Crippen molar-refractivity contribution in [2.24, 2.45) is 11.7 Å². The Balaban J connectivity index is 1.93. The number of nitrogens with two attached hydrogens (primary N) is 1. The van der Waals surface area contributed by atoms with Crippen LogP contribution >= 0.6 is 23.2 Å². The van der Waals surface area contributed by atoms with Gasteiger partial charge in [-0.1, -0.05) is 61.4 Å². The molecule has 158 valence electrons. The van der Waals surface area contributed by atoms with Crippen LogP contribution in [0.3, 0.4) is 0 Å². The van der Waals surface area contributed by atoms with E-state index in [9.17, 15) is 4.79 Å². The van der Waals surface area contributed by atoms with E-state index in [-0.39, 0.29) is 11.9 Å². The first-order chi connectivity index (χ1) is 13.2. The molecule has 4 nitrogen and oxygen atoms in total. The summed E-state index contributed by atoms with van der Waals surface area (Å²) in [6, 6.07) is 5.10. The van der Waals surface area contributed by atoms with Crippen molar-refractivity contribution in [1.29, 1.82) is 0 Å². The van der Waals surface area contributed by atoms with Gasteiger partial charge in [-0.05, 0) is 57.2 Å². The fourth-order valence-corrected chi connectivity index (χ4v) is 4.30. The highest BCUT2D eigenvalue weighted by molar-refractivity contribution is 6.35. The predicted octanol–water partition coefficient (Wildman–Crippen LogP) is 5.13. The summed E-state index contributed by atoms with van der Waals surface area (Å²) >= 11 is 12.1. The first-order valence-corrected chi connectivity index (χ1v) is 11.1. The van der Waals surface area contributed by atoms with E-state index in [2.05, 4.69) is 5.32 Å². The normalized spacial score (nSPS) is 17.9. The number of ether oxygens (including phenoxy) is 1. The van der Waals surface area contributed by atoms with Crippen molar-refractivity contribution >= 4 is 29.1 Å². The van der Waals surface area contributed by atoms with E-state index in [1.54, 1.807) is 12.1 Å². The maximum absolute atomic E-state index is 12.9. The van der Waals surface area contributed by atoms with Gasteiger partial charge >= 0.3 is 0 Å². The molecule has 0 saturated heterocycles. The molecule has 1 aliphatic rings. The molecular weight excluding hydrogens is 395 g/mol. The fourth-order valence-electron chi connectivity index (χ4n) is 3.79. The lowest BCUT2D eigenvalue weighted by atomic mass is 9.83. The summed E-state index contributed by atoms with van der Waals surface area (Å²) in [6.07, 6.45) is 7.04. The van der Waals surface area contributed by atoms with Crippen molar-refractivity contribution in [3.8, 4) is 0 Å². The Labute approximate surface area is 179 Å². The average molecular weight is 429 g/mol. The Morgan fingerprint density at radius 2 is 1.93 bits per heavy atom. The lowest BCUT2D eigenvalue weighted by molar-refractivity contribution is -0.145. The van der Waals surface area contributed by atoms with Gasteiger partial charge in [0.05, 0.1) is 5.60 Å². The second-order valence-corrected chi connectivity index (χ2v) is 9.67. The molecule has 0 aromatic heterocycles. The molecule has 1 aromatic carbocycles. The van der Waals surface area contributed by atoms with E-state index < -0.39 is 11.7 Å². The van der Waals surface area contributed by atoms with Crippen LogP contribution in [0.15, 0.2) is 18.2 Å². The molecular formula is C22H34Cl2N2O2. The van der Waals surface area contributed by atoms with Crippen LogP contribution in [0.1, 0.15) is 64.9 Å². The largest absolute Gasteiger partial charge is 0.361 e. The number of hydrogen-bond acceptors (Lipinski definition) is 3. The van der Waals surface area contributed by atoms with Gasteiger partial charge in [0.1, 0.15) is 0 Å². The summed E-state index contributed by atoms with van der Waals surface area (Å²) in [4.78, 5) is 12.9. The molecule has 0 aliphatic heterocycles. The molecule has 1 saturated carbocycles. The lowest BCUT2D eigenvalue weighted by Gasteiger charge is -2.33. The van der Waals surface area contributed by atoms with Crippen LogP contribution in [-0.2, 0) is 16.0 Å². The van der Waals surface area contributed by atoms with E-state index in [1.165, 1.54) is 32.1 Å². The van der Waals surface area contributed by atoms with Crippen molar-refractivity contribution in [3.05, 3.63) is 33.8 Å². The van der Waals surface area contributed by atoms with Crippen LogP contribution in [0, 0.1) is 5.92 Å². The Morgan fingerprint density at radius 1 is 1.25 bits per heavy atom. The number of carbonyl (C=O) groups is 1. The van der Waals surface area contributed by atoms with Crippen LogP contribution in [-0.4, -0.2) is 30.2 Å². The summed E-state index contributed by atoms with van der Waals surface area (Å²) in [6.45, 7) is 6.33. The highest BCUT2D eigenvalue weighted by Crippen LogP contribution is 2.28. The van der Waals surface area contributed by atoms with Crippen molar-refractivity contribution in [2.45, 2.75) is 83.5 Å². The number of halogens is 2. The molecule has 6 heteroatoms. The van der Waals surface area contributed by atoms with E-state index in [0.29, 0.717) is 28.9 Å². The first-order valence-electron chi connectivity index (χ1n) is 10.3. The van der Waals surface area contributed by atoms with Gasteiger partial charge in [-0.2, -0.15) is 0 Å². The molecule has 1 unspecified atom stereocenters. The number of carbonyl (C=O) groups excluding carboxylic acids is 1. The highest BCUT2D eigenvalue weighted by atomic mass is 35.5. The summed E-state index contributed by atoms with van der Waals surface area (Å²) < 4.78 is 6.06. The van der Waals surface area contributed by atoms with Gasteiger partial charge in [0.25, 0.3) is 5.91 Å². The van der Waals surface area contributed by atoms with Gasteiger partial charge in [-0.25, -0.2) is 0 Å². The van der Waals surface area contributed by atoms with E-state index in [4.69, 9.17) is 33.7 Å². The zero-order valence-corrected chi connectivity index (χ0v) is 18.8. The van der Waals surface area contributed by atoms with Crippen LogP contribution < -0.4 is 11.1 Å². The predicted molar refractivity (Wildman–Crippen MR) is 117 cm³/mol. The summed E-state index contributed by atoms with van der Waals surface area (Å²) in [5.41, 5.74) is 6.97. The smallest absolute Gasteiger partial charge is 0.250 e. The van der Waals surface area contributed by atoms with E-state index in [1.807, 2.05) is 26.8 Å². The van der Waals surface area contributed by atoms with Crippen LogP contribution in [0.5, 0.6) is 0 Å². The number of rotatable bonds is 8. The molecule has 3 N–H and O–H groups in total. The van der Waals surface area contributed by atoms with Crippen LogP contribution in [0.25, 0.3) is 0 Å². The molecule has 2 rings (SSSR count). The second-order valence-electron chi connectivity index (χ2n) is 8.83. The molecule has 1 fully saturated rings. The molecule has 0 heterocycles. The fraction of sp³-hybridized carbons (Fsp3) is 0.682. The zero-order valence-electron chi connectivity index (χ0n) is 17.3. The molecule has 0 bridgehead atoms. The third kappa shape index (κ3) is 7.90. The molecule has 1 aromatic rings. The van der Waals surface area contributed by atoms with Gasteiger partial charge in [-0.3, -0.25) is 4.79 Å². The van der Waals surface area contributed by atoms with Crippen molar-refractivity contribution in [3.63, 3.8) is 0 Å². The van der Waals surface area contributed by atoms with Crippen LogP contribution in [0.2, 0.25) is 10.0 Å². The van der Waals surface area contributed by atoms with Gasteiger partial charge in [0, 0.05) is 22.6 Å². The maximum atomic E-state index is 12.9. The SMILES string of the molecule is CC(C)(C)OC(C(=O)NCCc1ccc(Cl)cc1Cl)[C@H](N)CC1CCCCC1. The number of amides is 1. The Morgan fingerprint density at radius 3 is 2.54 bits per heavy atom. The molecule has 1 amide bonds. The van der Waals surface area contributed by atoms with E-state index >= 15 is 0 Å². The van der Waals surface area contributed by atoms with Crippen molar-refractivity contribution in [1.82, 2.24) is 5.32 Å². The third-order valence-corrected chi connectivity index (χ3v) is 5.75.